The number of amides is 1. The highest BCUT2D eigenvalue weighted by molar-refractivity contribution is 6.74. The topological polar surface area (TPSA) is 142 Å². The summed E-state index contributed by atoms with van der Waals surface area (Å²) in [5.41, 5.74) is 2.68. The number of H-pyrrole nitrogens is 1. The zero-order chi connectivity index (χ0) is 44.2. The van der Waals surface area contributed by atoms with Gasteiger partial charge in [0.1, 0.15) is 17.2 Å². The molecular formula is C49H65ClN4O7Si. The Balaban J connectivity index is 0.953. The van der Waals surface area contributed by atoms with Gasteiger partial charge >= 0.3 is 5.97 Å². The fourth-order valence-electron chi connectivity index (χ4n) is 9.78. The molecule has 11 nitrogen and oxygen atoms in total. The van der Waals surface area contributed by atoms with E-state index in [4.69, 9.17) is 25.5 Å². The van der Waals surface area contributed by atoms with Gasteiger partial charge in [0, 0.05) is 43.2 Å². The average molecular weight is 886 g/mol. The smallest absolute Gasteiger partial charge is 0.317 e. The van der Waals surface area contributed by atoms with E-state index in [0.29, 0.717) is 77.3 Å². The minimum absolute atomic E-state index is 0.00462. The third kappa shape index (κ3) is 10.1. The van der Waals surface area contributed by atoms with E-state index in [9.17, 15) is 19.5 Å². The number of fused-ring (bicyclic) bond motifs is 4. The van der Waals surface area contributed by atoms with Gasteiger partial charge in [-0.1, -0.05) is 69.8 Å². The summed E-state index contributed by atoms with van der Waals surface area (Å²) in [6.45, 7) is 15.5. The second-order valence-electron chi connectivity index (χ2n) is 19.3. The number of pyridine rings is 1. The van der Waals surface area contributed by atoms with Crippen LogP contribution in [0.25, 0.3) is 10.9 Å². The first kappa shape index (κ1) is 45.8. The molecule has 1 saturated carbocycles. The van der Waals surface area contributed by atoms with Crippen LogP contribution in [0.4, 0.5) is 0 Å². The van der Waals surface area contributed by atoms with Gasteiger partial charge in [-0.05, 0) is 129 Å². The number of nitrogens with zero attached hydrogens (tertiary/aromatic N) is 1. The first-order chi connectivity index (χ1) is 29.6. The van der Waals surface area contributed by atoms with Gasteiger partial charge < -0.3 is 39.5 Å². The molecule has 13 heteroatoms. The maximum atomic E-state index is 14.1. The molecule has 1 aromatic heterocycles. The number of aromatic nitrogens is 1. The maximum absolute atomic E-state index is 14.1. The summed E-state index contributed by atoms with van der Waals surface area (Å²) in [7, 11) is -0.712. The Morgan fingerprint density at radius 3 is 2.48 bits per heavy atom. The van der Waals surface area contributed by atoms with Gasteiger partial charge in [-0.15, -0.1) is 0 Å². The first-order valence-electron chi connectivity index (χ1n) is 22.5. The summed E-state index contributed by atoms with van der Waals surface area (Å²) < 4.78 is 18.9. The Hall–Kier alpha value is -4.20. The number of hydrogen-bond acceptors (Lipinski definition) is 9. The highest BCUT2D eigenvalue weighted by Crippen LogP contribution is 2.51. The van der Waals surface area contributed by atoms with Gasteiger partial charge in [0.25, 0.3) is 5.91 Å². The molecule has 0 unspecified atom stereocenters. The van der Waals surface area contributed by atoms with Gasteiger partial charge in [-0.2, -0.15) is 0 Å². The fraction of sp³-hybridized carbons (Fsp3) is 0.531. The summed E-state index contributed by atoms with van der Waals surface area (Å²) in [4.78, 5) is 45.0. The van der Waals surface area contributed by atoms with Crippen LogP contribution in [0.1, 0.15) is 105 Å². The van der Waals surface area contributed by atoms with Crippen LogP contribution in [0.5, 0.6) is 17.2 Å². The lowest BCUT2D eigenvalue weighted by Gasteiger charge is -2.53. The summed E-state index contributed by atoms with van der Waals surface area (Å²) in [5.74, 6) is 1.78. The number of phenolic OH excluding ortho intramolecular Hbond substituents is 1. The number of esters is 1. The fourth-order valence-corrected chi connectivity index (χ4v) is 11.3. The van der Waals surface area contributed by atoms with E-state index in [2.05, 4.69) is 54.4 Å². The molecule has 3 saturated heterocycles. The van der Waals surface area contributed by atoms with Crippen molar-refractivity contribution in [1.29, 1.82) is 0 Å². The number of piperidine rings is 3. The van der Waals surface area contributed by atoms with Crippen molar-refractivity contribution < 1.29 is 28.6 Å². The largest absolute Gasteiger partial charge is 0.506 e. The number of halogens is 1. The van der Waals surface area contributed by atoms with Crippen LogP contribution in [0, 0.1) is 17.3 Å². The van der Waals surface area contributed by atoms with E-state index in [0.717, 1.165) is 62.0 Å². The molecule has 0 spiro atoms. The van der Waals surface area contributed by atoms with Gasteiger partial charge in [-0.3, -0.25) is 14.4 Å². The molecular weight excluding hydrogens is 820 g/mol. The Morgan fingerprint density at radius 1 is 1.03 bits per heavy atom. The van der Waals surface area contributed by atoms with Crippen LogP contribution in [0.2, 0.25) is 23.2 Å². The molecule has 0 radical (unpaired) electrons. The zero-order valence-corrected chi connectivity index (χ0v) is 39.1. The number of phenols is 1. The predicted octanol–water partition coefficient (Wildman–Crippen LogP) is 9.31. The third-order valence-electron chi connectivity index (χ3n) is 14.3. The number of aromatic amines is 1. The summed E-state index contributed by atoms with van der Waals surface area (Å²) in [6, 6.07) is 17.9. The lowest BCUT2D eigenvalue weighted by molar-refractivity contribution is -0.159. The van der Waals surface area contributed by atoms with Crippen LogP contribution in [-0.2, 0) is 22.2 Å². The first-order valence-corrected chi connectivity index (χ1v) is 25.8. The number of carbonyl (C=O) groups excluding carboxylic acids is 2. The number of aryl methyl sites for hydroxylation is 1. The molecule has 2 atom stereocenters. The van der Waals surface area contributed by atoms with Crippen LogP contribution >= 0.6 is 11.6 Å². The maximum Gasteiger partial charge on any atom is 0.317 e. The molecule has 4 N–H and O–H groups in total. The third-order valence-corrected chi connectivity index (χ3v) is 19.1. The predicted molar refractivity (Wildman–Crippen MR) is 248 cm³/mol. The normalized spacial score (nSPS) is 20.5. The van der Waals surface area contributed by atoms with Gasteiger partial charge in [0.15, 0.2) is 8.32 Å². The van der Waals surface area contributed by atoms with Crippen molar-refractivity contribution in [3.8, 4) is 17.2 Å². The molecule has 4 aromatic rings. The Labute approximate surface area is 372 Å². The van der Waals surface area contributed by atoms with Gasteiger partial charge in [0.05, 0.1) is 34.7 Å². The number of methoxy groups -OCH3 is 1. The molecule has 1 aliphatic carbocycles. The number of carbonyl (C=O) groups is 2. The van der Waals surface area contributed by atoms with E-state index in [1.807, 2.05) is 30.3 Å². The minimum Gasteiger partial charge on any atom is -0.506 e. The molecule has 4 heterocycles. The molecule has 2 bridgehead atoms. The highest BCUT2D eigenvalue weighted by Gasteiger charge is 2.53. The number of benzene rings is 3. The number of hydrogen-bond donors (Lipinski definition) is 4. The standard InChI is InChI=1S/C49H65ClN4O7Si/c1-48(2,3)62(5,6)61-43(36-15-17-41(55)45-37(36)16-18-44(56)53-45)30-51-29-34-27-40(50)38(28-42(34)59-4)46(57)52-23-11-13-32-12-10-14-35(26-32)60-47(58)49(21-8-7-9-22-49)39-31-54-24-19-33(39)20-25-54/h10,12,14-18,26-28,33,39,43,51,55H,7-9,11,13,19-25,29-31H2,1-6H3,(H,52,57)(H,53,56)/t39-,43-/m1/s1. The number of rotatable bonds is 16. The van der Waals surface area contributed by atoms with E-state index in [1.165, 1.54) is 25.3 Å². The Bertz CT molecular complexity index is 2290. The van der Waals surface area contributed by atoms with Crippen LogP contribution in [-0.4, -0.2) is 75.0 Å². The van der Waals surface area contributed by atoms with Gasteiger partial charge in [0.2, 0.25) is 5.56 Å². The lowest BCUT2D eigenvalue weighted by Crippen LogP contribution is -2.57. The number of aromatic hydroxyl groups is 1. The minimum atomic E-state index is -2.28. The van der Waals surface area contributed by atoms with E-state index >= 15 is 0 Å². The summed E-state index contributed by atoms with van der Waals surface area (Å²) in [6.07, 6.45) is 8.59. The monoisotopic (exact) mass is 884 g/mol. The van der Waals surface area contributed by atoms with Crippen molar-refractivity contribution in [3.05, 3.63) is 98.3 Å². The number of ether oxygens (including phenoxy) is 2. The number of nitrogens with one attached hydrogen (secondary N) is 3. The van der Waals surface area contributed by atoms with E-state index in [1.54, 1.807) is 31.4 Å². The van der Waals surface area contributed by atoms with Crippen LogP contribution < -0.4 is 25.7 Å². The van der Waals surface area contributed by atoms with Crippen LogP contribution in [0.3, 0.4) is 0 Å². The SMILES string of the molecule is COc1cc(C(=O)NCCCc2cccc(OC(=O)C3([C@@H]4CN5CCC4CC5)CCCCC3)c2)c(Cl)cc1CNC[C@@H](O[Si](C)(C)C(C)(C)C)c1ccc(O)c2[nH]c(=O)ccc12. The highest BCUT2D eigenvalue weighted by atomic mass is 35.5. The van der Waals surface area contributed by atoms with Gasteiger partial charge in [-0.25, -0.2) is 0 Å². The Morgan fingerprint density at radius 2 is 1.79 bits per heavy atom. The molecule has 8 rings (SSSR count). The molecule has 62 heavy (non-hydrogen) atoms. The van der Waals surface area contributed by atoms with Crippen molar-refractivity contribution in [2.75, 3.05) is 39.8 Å². The second-order valence-corrected chi connectivity index (χ2v) is 24.4. The summed E-state index contributed by atoms with van der Waals surface area (Å²) >= 11 is 6.76. The van der Waals surface area contributed by atoms with Crippen LogP contribution in [0.15, 0.2) is 65.5 Å². The van der Waals surface area contributed by atoms with Crippen molar-refractivity contribution in [2.24, 2.45) is 17.3 Å². The van der Waals surface area contributed by atoms with Crippen molar-refractivity contribution in [3.63, 3.8) is 0 Å². The second kappa shape index (κ2) is 19.3. The zero-order valence-electron chi connectivity index (χ0n) is 37.3. The molecule has 3 aromatic carbocycles. The van der Waals surface area contributed by atoms with Crippen molar-refractivity contribution in [1.82, 2.24) is 20.5 Å². The van der Waals surface area contributed by atoms with E-state index < -0.39 is 19.8 Å². The molecule has 4 fully saturated rings. The Kier molecular flexibility index (Phi) is 14.2. The van der Waals surface area contributed by atoms with E-state index in [-0.39, 0.29) is 28.2 Å². The molecule has 334 valence electrons. The molecule has 4 aliphatic rings. The lowest BCUT2D eigenvalue weighted by atomic mass is 9.58. The average Bonchev–Trinajstić information content (AvgIpc) is 3.25. The molecule has 3 aliphatic heterocycles. The summed E-state index contributed by atoms with van der Waals surface area (Å²) in [5, 5.41) is 18.1. The molecule has 1 amide bonds. The van der Waals surface area contributed by atoms with Crippen molar-refractivity contribution >= 4 is 42.7 Å². The van der Waals surface area contributed by atoms with Crippen molar-refractivity contribution in [2.45, 2.75) is 109 Å². The quantitative estimate of drug-likeness (QED) is 0.0375.